The van der Waals surface area contributed by atoms with E-state index >= 15 is 0 Å². The quantitative estimate of drug-likeness (QED) is 0.919. The van der Waals surface area contributed by atoms with Crippen LogP contribution in [-0.4, -0.2) is 42.8 Å². The number of carbonyl (C=O) groups excluding carboxylic acids is 3. The maximum absolute atomic E-state index is 12.6. The number of amides is 3. The summed E-state index contributed by atoms with van der Waals surface area (Å²) in [5.41, 5.74) is 2.74. The van der Waals surface area contributed by atoms with Gasteiger partial charge in [-0.15, -0.1) is 0 Å². The molecule has 6 heteroatoms. The molecule has 1 heterocycles. The largest absolute Gasteiger partial charge is 0.332 e. The van der Waals surface area contributed by atoms with Gasteiger partial charge >= 0.3 is 0 Å². The van der Waals surface area contributed by atoms with Crippen molar-refractivity contribution in [3.8, 4) is 0 Å². The van der Waals surface area contributed by atoms with Gasteiger partial charge in [0.15, 0.2) is 0 Å². The second kappa shape index (κ2) is 7.39. The van der Waals surface area contributed by atoms with Crippen LogP contribution in [0.3, 0.4) is 0 Å². The van der Waals surface area contributed by atoms with Gasteiger partial charge in [-0.1, -0.05) is 31.2 Å². The van der Waals surface area contributed by atoms with Crippen LogP contribution in [0.5, 0.6) is 0 Å². The van der Waals surface area contributed by atoms with Gasteiger partial charge in [-0.25, -0.2) is 0 Å². The van der Waals surface area contributed by atoms with Crippen molar-refractivity contribution in [3.05, 3.63) is 59.7 Å². The van der Waals surface area contributed by atoms with Gasteiger partial charge in [-0.05, 0) is 36.2 Å². The van der Waals surface area contributed by atoms with Gasteiger partial charge in [0.1, 0.15) is 13.1 Å². The maximum Gasteiger partial charge on any atom is 0.256 e. The van der Waals surface area contributed by atoms with E-state index in [-0.39, 0.29) is 30.8 Å². The molecule has 0 fully saturated rings. The van der Waals surface area contributed by atoms with E-state index in [1.165, 1.54) is 15.4 Å². The minimum Gasteiger partial charge on any atom is -0.332 e. The van der Waals surface area contributed by atoms with Crippen molar-refractivity contribution in [3.63, 3.8) is 0 Å². The van der Waals surface area contributed by atoms with E-state index in [4.69, 9.17) is 0 Å². The molecule has 3 amide bonds. The number of para-hydroxylation sites is 1. The number of aryl methyl sites for hydroxylation is 1. The fourth-order valence-electron chi connectivity index (χ4n) is 2.93. The zero-order valence-corrected chi connectivity index (χ0v) is 14.9. The Kier molecular flexibility index (Phi) is 5.02. The molecule has 0 unspecified atom stereocenters. The van der Waals surface area contributed by atoms with E-state index in [9.17, 15) is 14.4 Å². The molecule has 3 rings (SSSR count). The van der Waals surface area contributed by atoms with Gasteiger partial charge in [-0.3, -0.25) is 14.4 Å². The second-order valence-corrected chi connectivity index (χ2v) is 6.26. The number of hydrogen-bond donors (Lipinski definition) is 1. The monoisotopic (exact) mass is 351 g/mol. The number of fused-ring (bicyclic) bond motifs is 1. The number of carbonyl (C=O) groups is 3. The molecule has 134 valence electrons. The molecule has 0 radical (unpaired) electrons. The van der Waals surface area contributed by atoms with Crippen molar-refractivity contribution in [2.45, 2.75) is 13.3 Å². The summed E-state index contributed by atoms with van der Waals surface area (Å²) in [4.78, 5) is 40.2. The Balaban J connectivity index is 1.80. The highest BCUT2D eigenvalue weighted by Crippen LogP contribution is 2.25. The molecule has 0 saturated carbocycles. The van der Waals surface area contributed by atoms with Crippen LogP contribution in [0.15, 0.2) is 48.5 Å². The van der Waals surface area contributed by atoms with Crippen molar-refractivity contribution < 1.29 is 14.4 Å². The third-order valence-corrected chi connectivity index (χ3v) is 4.39. The predicted molar refractivity (Wildman–Crippen MR) is 100 cm³/mol. The van der Waals surface area contributed by atoms with E-state index in [2.05, 4.69) is 12.2 Å². The van der Waals surface area contributed by atoms with Crippen LogP contribution in [0.25, 0.3) is 0 Å². The first-order valence-corrected chi connectivity index (χ1v) is 8.53. The summed E-state index contributed by atoms with van der Waals surface area (Å²) in [7, 11) is 1.58. The Morgan fingerprint density at radius 1 is 1.08 bits per heavy atom. The predicted octanol–water partition coefficient (Wildman–Crippen LogP) is 2.31. The van der Waals surface area contributed by atoms with Crippen LogP contribution < -0.4 is 10.2 Å². The first kappa shape index (κ1) is 17.7. The topological polar surface area (TPSA) is 69.7 Å². The zero-order valence-electron chi connectivity index (χ0n) is 14.9. The minimum atomic E-state index is -0.311. The number of anilines is 2. The van der Waals surface area contributed by atoms with Gasteiger partial charge in [-0.2, -0.15) is 0 Å². The van der Waals surface area contributed by atoms with Crippen molar-refractivity contribution in [2.24, 2.45) is 0 Å². The van der Waals surface area contributed by atoms with Crippen LogP contribution in [0.2, 0.25) is 0 Å². The summed E-state index contributed by atoms with van der Waals surface area (Å²) in [6.45, 7) is 1.85. The van der Waals surface area contributed by atoms with Crippen LogP contribution in [0.4, 0.5) is 11.4 Å². The number of benzene rings is 2. The Bertz CT molecular complexity index is 846. The molecular weight excluding hydrogens is 330 g/mol. The molecule has 1 aliphatic rings. The fraction of sp³-hybridized carbons (Fsp3) is 0.250. The Labute approximate surface area is 152 Å². The third kappa shape index (κ3) is 3.59. The van der Waals surface area contributed by atoms with Crippen LogP contribution in [-0.2, 0) is 16.0 Å². The first-order valence-electron chi connectivity index (χ1n) is 8.53. The number of rotatable bonds is 4. The van der Waals surface area contributed by atoms with Gasteiger partial charge < -0.3 is 15.1 Å². The summed E-state index contributed by atoms with van der Waals surface area (Å²) in [6.07, 6.45) is 0.925. The minimum absolute atomic E-state index is 0.0635. The summed E-state index contributed by atoms with van der Waals surface area (Å²) in [5, 5.41) is 2.80. The first-order chi connectivity index (χ1) is 12.5. The Hall–Kier alpha value is -3.15. The lowest BCUT2D eigenvalue weighted by atomic mass is 10.1. The van der Waals surface area contributed by atoms with Gasteiger partial charge in [0.2, 0.25) is 11.8 Å². The smallest absolute Gasteiger partial charge is 0.256 e. The average molecular weight is 351 g/mol. The second-order valence-electron chi connectivity index (χ2n) is 6.26. The molecule has 0 atom stereocenters. The highest BCUT2D eigenvalue weighted by Gasteiger charge is 2.30. The molecule has 0 aromatic heterocycles. The van der Waals surface area contributed by atoms with E-state index in [1.807, 2.05) is 24.3 Å². The molecule has 2 aromatic carbocycles. The van der Waals surface area contributed by atoms with Gasteiger partial charge in [0, 0.05) is 12.7 Å². The summed E-state index contributed by atoms with van der Waals surface area (Å²) < 4.78 is 0. The summed E-state index contributed by atoms with van der Waals surface area (Å²) in [5.74, 6) is -0.830. The summed E-state index contributed by atoms with van der Waals surface area (Å²) in [6, 6.07) is 14.4. The highest BCUT2D eigenvalue weighted by molar-refractivity contribution is 6.12. The molecule has 0 bridgehead atoms. The number of nitrogens with one attached hydrogen (secondary N) is 1. The van der Waals surface area contributed by atoms with Crippen LogP contribution >= 0.6 is 0 Å². The molecule has 1 N–H and O–H groups in total. The van der Waals surface area contributed by atoms with E-state index in [1.54, 1.807) is 31.3 Å². The molecule has 1 aliphatic heterocycles. The lowest BCUT2D eigenvalue weighted by molar-refractivity contribution is -0.121. The molecule has 6 nitrogen and oxygen atoms in total. The standard InChI is InChI=1S/C20H21N3O3/c1-3-14-8-10-15(11-9-14)21-18(24)12-23-17-7-5-4-6-16(17)20(26)22(2)13-19(23)25/h4-11H,3,12-13H2,1-2H3,(H,21,24). The van der Waals surface area contributed by atoms with E-state index in [0.29, 0.717) is 16.9 Å². The molecule has 26 heavy (non-hydrogen) atoms. The lowest BCUT2D eigenvalue weighted by Gasteiger charge is -2.21. The molecule has 0 spiro atoms. The van der Waals surface area contributed by atoms with Crippen molar-refractivity contribution in [1.29, 1.82) is 0 Å². The summed E-state index contributed by atoms with van der Waals surface area (Å²) >= 11 is 0. The van der Waals surface area contributed by atoms with Gasteiger partial charge in [0.25, 0.3) is 5.91 Å². The Morgan fingerprint density at radius 3 is 2.46 bits per heavy atom. The van der Waals surface area contributed by atoms with Crippen LogP contribution in [0, 0.1) is 0 Å². The maximum atomic E-state index is 12.6. The molecule has 2 aromatic rings. The number of nitrogens with zero attached hydrogens (tertiary/aromatic N) is 2. The lowest BCUT2D eigenvalue weighted by Crippen LogP contribution is -2.41. The van der Waals surface area contributed by atoms with Crippen molar-refractivity contribution in [2.75, 3.05) is 30.4 Å². The normalized spacial score (nSPS) is 14.1. The molecule has 0 aliphatic carbocycles. The number of likely N-dealkylation sites (N-methyl/N-ethyl adjacent to an activating group) is 1. The Morgan fingerprint density at radius 2 is 1.77 bits per heavy atom. The van der Waals surface area contributed by atoms with E-state index < -0.39 is 0 Å². The van der Waals surface area contributed by atoms with E-state index in [0.717, 1.165) is 6.42 Å². The average Bonchev–Trinajstić information content (AvgIpc) is 2.73. The molecular formula is C20H21N3O3. The molecule has 0 saturated heterocycles. The zero-order chi connectivity index (χ0) is 18.7. The highest BCUT2D eigenvalue weighted by atomic mass is 16.2. The van der Waals surface area contributed by atoms with Gasteiger partial charge in [0.05, 0.1) is 11.3 Å². The number of hydrogen-bond acceptors (Lipinski definition) is 3. The fourth-order valence-corrected chi connectivity index (χ4v) is 2.93. The van der Waals surface area contributed by atoms with Crippen LogP contribution in [0.1, 0.15) is 22.8 Å². The van der Waals surface area contributed by atoms with Crippen molar-refractivity contribution >= 4 is 29.1 Å². The third-order valence-electron chi connectivity index (χ3n) is 4.39. The van der Waals surface area contributed by atoms with Crippen molar-refractivity contribution in [1.82, 2.24) is 4.90 Å². The SMILES string of the molecule is CCc1ccc(NC(=O)CN2C(=O)CN(C)C(=O)c3ccccc32)cc1.